The van der Waals surface area contributed by atoms with Crippen LogP contribution in [0, 0.1) is 10.1 Å². The molecule has 0 unspecified atom stereocenters. The SMILES string of the molecule is COC(=O)[C@](F)(C(C)=O)[C@H](C[N+](=O)[O-])c1cccc(Br)c1. The summed E-state index contributed by atoms with van der Waals surface area (Å²) in [5.74, 6) is -4.15. The van der Waals surface area contributed by atoms with E-state index in [0.29, 0.717) is 4.47 Å². The van der Waals surface area contributed by atoms with E-state index in [9.17, 15) is 19.7 Å². The number of nitrogens with zero attached hydrogens (tertiary/aromatic N) is 1. The lowest BCUT2D eigenvalue weighted by molar-refractivity contribution is -0.485. The minimum Gasteiger partial charge on any atom is -0.466 e. The van der Waals surface area contributed by atoms with Crippen LogP contribution in [0.2, 0.25) is 0 Å². The maximum Gasteiger partial charge on any atom is 0.352 e. The highest BCUT2D eigenvalue weighted by Gasteiger charge is 2.55. The highest BCUT2D eigenvalue weighted by Crippen LogP contribution is 2.35. The number of ether oxygens (including phenoxy) is 1. The van der Waals surface area contributed by atoms with Crippen molar-refractivity contribution >= 4 is 27.7 Å². The molecule has 0 bridgehead atoms. The lowest BCUT2D eigenvalue weighted by atomic mass is 9.81. The molecule has 0 aliphatic heterocycles. The number of hydrogen-bond acceptors (Lipinski definition) is 5. The first-order valence-electron chi connectivity index (χ1n) is 5.89. The molecule has 0 saturated carbocycles. The van der Waals surface area contributed by atoms with Gasteiger partial charge in [0.25, 0.3) is 5.67 Å². The Balaban J connectivity index is 3.44. The molecule has 0 aliphatic rings. The minimum atomic E-state index is -3.11. The molecule has 0 heterocycles. The van der Waals surface area contributed by atoms with Crippen molar-refractivity contribution < 1.29 is 23.6 Å². The first-order valence-corrected chi connectivity index (χ1v) is 6.68. The highest BCUT2D eigenvalue weighted by molar-refractivity contribution is 9.10. The normalized spacial score (nSPS) is 14.9. The Morgan fingerprint density at radius 3 is 2.57 bits per heavy atom. The van der Waals surface area contributed by atoms with E-state index < -0.39 is 34.8 Å². The van der Waals surface area contributed by atoms with Gasteiger partial charge >= 0.3 is 5.97 Å². The first-order chi connectivity index (χ1) is 9.73. The Kier molecular flexibility index (Phi) is 5.54. The van der Waals surface area contributed by atoms with E-state index in [1.807, 2.05) is 0 Å². The van der Waals surface area contributed by atoms with E-state index in [1.54, 1.807) is 6.07 Å². The number of ketones is 1. The van der Waals surface area contributed by atoms with Crippen LogP contribution in [0.4, 0.5) is 4.39 Å². The molecule has 0 spiro atoms. The molecule has 6 nitrogen and oxygen atoms in total. The van der Waals surface area contributed by atoms with Crippen molar-refractivity contribution in [2.75, 3.05) is 13.7 Å². The number of benzene rings is 1. The van der Waals surface area contributed by atoms with Crippen molar-refractivity contribution in [2.45, 2.75) is 18.5 Å². The van der Waals surface area contributed by atoms with E-state index >= 15 is 4.39 Å². The molecule has 0 amide bonds. The summed E-state index contributed by atoms with van der Waals surface area (Å²) in [5, 5.41) is 10.8. The van der Waals surface area contributed by atoms with E-state index in [1.165, 1.54) is 18.2 Å². The first kappa shape index (κ1) is 17.2. The molecule has 0 aliphatic carbocycles. The zero-order valence-corrected chi connectivity index (χ0v) is 12.9. The second kappa shape index (κ2) is 6.75. The van der Waals surface area contributed by atoms with Gasteiger partial charge in [-0.3, -0.25) is 14.9 Å². The Hall–Kier alpha value is -1.83. The van der Waals surface area contributed by atoms with Crippen LogP contribution in [0.25, 0.3) is 0 Å². The number of carbonyl (C=O) groups excluding carboxylic acids is 2. The van der Waals surface area contributed by atoms with Gasteiger partial charge in [-0.15, -0.1) is 0 Å². The second-order valence-corrected chi connectivity index (χ2v) is 5.30. The van der Waals surface area contributed by atoms with Crippen molar-refractivity contribution in [1.29, 1.82) is 0 Å². The zero-order valence-electron chi connectivity index (χ0n) is 11.3. The number of hydrogen-bond donors (Lipinski definition) is 0. The Morgan fingerprint density at radius 1 is 1.52 bits per heavy atom. The van der Waals surface area contributed by atoms with E-state index in [2.05, 4.69) is 20.7 Å². The third kappa shape index (κ3) is 3.63. The number of nitro groups is 1. The van der Waals surface area contributed by atoms with Crippen LogP contribution in [-0.2, 0) is 14.3 Å². The average Bonchev–Trinajstić information content (AvgIpc) is 2.42. The van der Waals surface area contributed by atoms with Gasteiger partial charge in [0, 0.05) is 9.40 Å². The number of alkyl halides is 1. The van der Waals surface area contributed by atoms with Gasteiger partial charge < -0.3 is 4.74 Å². The molecule has 1 aromatic carbocycles. The monoisotopic (exact) mass is 361 g/mol. The molecule has 2 atom stereocenters. The summed E-state index contributed by atoms with van der Waals surface area (Å²) in [6.45, 7) is -0.0521. The molecular formula is C13H13BrFNO5. The quantitative estimate of drug-likeness (QED) is 0.335. The van der Waals surface area contributed by atoms with Crippen molar-refractivity contribution in [2.24, 2.45) is 0 Å². The summed E-state index contributed by atoms with van der Waals surface area (Å²) in [6, 6.07) is 6.01. The largest absolute Gasteiger partial charge is 0.466 e. The maximum atomic E-state index is 15.0. The molecule has 0 N–H and O–H groups in total. The summed E-state index contributed by atoms with van der Waals surface area (Å²) in [5.41, 5.74) is -2.95. The predicted octanol–water partition coefficient (Wildman–Crippen LogP) is 2.28. The van der Waals surface area contributed by atoms with Crippen LogP contribution < -0.4 is 0 Å². The molecule has 8 heteroatoms. The predicted molar refractivity (Wildman–Crippen MR) is 75.3 cm³/mol. The number of halogens is 2. The van der Waals surface area contributed by atoms with Crippen LogP contribution in [0.3, 0.4) is 0 Å². The fraction of sp³-hybridized carbons (Fsp3) is 0.385. The molecule has 1 aromatic rings. The van der Waals surface area contributed by atoms with Gasteiger partial charge in [-0.25, -0.2) is 9.18 Å². The molecular weight excluding hydrogens is 349 g/mol. The van der Waals surface area contributed by atoms with Crippen LogP contribution >= 0.6 is 15.9 Å². The van der Waals surface area contributed by atoms with Crippen LogP contribution in [-0.4, -0.2) is 36.0 Å². The van der Waals surface area contributed by atoms with Crippen LogP contribution in [0.15, 0.2) is 28.7 Å². The molecule has 0 aromatic heterocycles. The van der Waals surface area contributed by atoms with Crippen molar-refractivity contribution in [3.8, 4) is 0 Å². The minimum absolute atomic E-state index is 0.157. The molecule has 0 radical (unpaired) electrons. The van der Waals surface area contributed by atoms with Gasteiger partial charge in [0.2, 0.25) is 6.54 Å². The van der Waals surface area contributed by atoms with E-state index in [-0.39, 0.29) is 5.56 Å². The highest BCUT2D eigenvalue weighted by atomic mass is 79.9. The molecule has 1 rings (SSSR count). The third-order valence-corrected chi connectivity index (χ3v) is 3.55. The van der Waals surface area contributed by atoms with Crippen LogP contribution in [0.1, 0.15) is 18.4 Å². The summed E-state index contributed by atoms with van der Waals surface area (Å²) < 4.78 is 19.9. The van der Waals surface area contributed by atoms with Crippen molar-refractivity contribution in [1.82, 2.24) is 0 Å². The zero-order chi connectivity index (χ0) is 16.2. The van der Waals surface area contributed by atoms with Gasteiger partial charge in [-0.1, -0.05) is 28.1 Å². The fourth-order valence-electron chi connectivity index (χ4n) is 2.01. The standard InChI is InChI=1S/C13H13BrFNO5/c1-8(17)13(15,12(18)21-2)11(7-16(19)20)9-4-3-5-10(14)6-9/h3-6,11H,7H2,1-2H3/t11-,13+/m1/s1. The average molecular weight is 362 g/mol. The lowest BCUT2D eigenvalue weighted by Gasteiger charge is -2.27. The summed E-state index contributed by atoms with van der Waals surface area (Å²) in [7, 11) is 0.920. The van der Waals surface area contributed by atoms with Crippen molar-refractivity contribution in [3.05, 3.63) is 44.4 Å². The summed E-state index contributed by atoms with van der Waals surface area (Å²) >= 11 is 3.16. The maximum absolute atomic E-state index is 15.0. The van der Waals surface area contributed by atoms with Crippen LogP contribution in [0.5, 0.6) is 0 Å². The number of rotatable bonds is 6. The van der Waals surface area contributed by atoms with Gasteiger partial charge in [-0.2, -0.15) is 0 Å². The summed E-state index contributed by atoms with van der Waals surface area (Å²) in [4.78, 5) is 33.4. The third-order valence-electron chi connectivity index (χ3n) is 3.06. The van der Waals surface area contributed by atoms with Gasteiger partial charge in [0.1, 0.15) is 5.92 Å². The van der Waals surface area contributed by atoms with Gasteiger partial charge in [0.15, 0.2) is 5.78 Å². The topological polar surface area (TPSA) is 86.5 Å². The number of esters is 1. The number of carbonyl (C=O) groups is 2. The molecule has 114 valence electrons. The Bertz CT molecular complexity index is 579. The lowest BCUT2D eigenvalue weighted by Crippen LogP contribution is -2.49. The van der Waals surface area contributed by atoms with E-state index in [0.717, 1.165) is 14.0 Å². The Morgan fingerprint density at radius 2 is 2.14 bits per heavy atom. The molecule has 0 fully saturated rings. The molecule has 0 saturated heterocycles. The smallest absolute Gasteiger partial charge is 0.352 e. The second-order valence-electron chi connectivity index (χ2n) is 4.38. The van der Waals surface area contributed by atoms with E-state index in [4.69, 9.17) is 0 Å². The number of methoxy groups -OCH3 is 1. The fourth-order valence-corrected chi connectivity index (χ4v) is 2.43. The Labute approximate surface area is 128 Å². The van der Waals surface area contributed by atoms with Gasteiger partial charge in [0.05, 0.1) is 7.11 Å². The molecule has 21 heavy (non-hydrogen) atoms. The van der Waals surface area contributed by atoms with Crippen molar-refractivity contribution in [3.63, 3.8) is 0 Å². The van der Waals surface area contributed by atoms with Gasteiger partial charge in [-0.05, 0) is 24.6 Å². The number of Topliss-reactive ketones (excluding diaryl/α,β-unsaturated/α-hetero) is 1. The summed E-state index contributed by atoms with van der Waals surface area (Å²) in [6.07, 6.45) is 0.